The Balaban J connectivity index is 1.84. The number of hydrogen-bond acceptors (Lipinski definition) is 3. The van der Waals surface area contributed by atoms with Gasteiger partial charge in [-0.15, -0.1) is 0 Å². The van der Waals surface area contributed by atoms with E-state index in [4.69, 9.17) is 0 Å². The molecule has 23 heavy (non-hydrogen) atoms. The average Bonchev–Trinajstić information content (AvgIpc) is 2.87. The molecule has 0 amide bonds. The largest absolute Gasteiger partial charge is 0.388 e. The van der Waals surface area contributed by atoms with Crippen LogP contribution in [0.15, 0.2) is 59.0 Å². The Morgan fingerprint density at radius 1 is 1.39 bits per heavy atom. The molecule has 1 aliphatic carbocycles. The maximum atomic E-state index is 12.2. The van der Waals surface area contributed by atoms with Crippen LogP contribution in [-0.2, 0) is 15.6 Å². The molecular formula is C19H24O3S. The lowest BCUT2D eigenvalue weighted by atomic mass is 9.84. The highest BCUT2D eigenvalue weighted by Crippen LogP contribution is 2.34. The summed E-state index contributed by atoms with van der Waals surface area (Å²) in [6, 6.07) is 9.20. The van der Waals surface area contributed by atoms with Gasteiger partial charge in [0.2, 0.25) is 0 Å². The summed E-state index contributed by atoms with van der Waals surface area (Å²) >= 11 is 0. The molecule has 0 spiro atoms. The summed E-state index contributed by atoms with van der Waals surface area (Å²) in [7, 11) is -1.20. The molecule has 0 saturated carbocycles. The van der Waals surface area contributed by atoms with Gasteiger partial charge < -0.3 is 5.11 Å². The second kappa shape index (κ2) is 7.84. The Morgan fingerprint density at radius 3 is 2.70 bits per heavy atom. The van der Waals surface area contributed by atoms with Crippen LogP contribution >= 0.6 is 0 Å². The minimum atomic E-state index is -1.20. The maximum absolute atomic E-state index is 12.2. The van der Waals surface area contributed by atoms with Gasteiger partial charge in [-0.3, -0.25) is 9.00 Å². The molecule has 0 bridgehead atoms. The molecular weight excluding hydrogens is 308 g/mol. The minimum absolute atomic E-state index is 0.0638. The number of rotatable bonds is 7. The van der Waals surface area contributed by atoms with Crippen LogP contribution in [0.1, 0.15) is 33.1 Å². The Kier molecular flexibility index (Phi) is 6.08. The molecule has 0 fully saturated rings. The zero-order valence-electron chi connectivity index (χ0n) is 13.7. The van der Waals surface area contributed by atoms with Gasteiger partial charge in [0, 0.05) is 11.3 Å². The summed E-state index contributed by atoms with van der Waals surface area (Å²) in [6.45, 7) is 3.95. The summed E-state index contributed by atoms with van der Waals surface area (Å²) in [5, 5.41) is 10.2. The van der Waals surface area contributed by atoms with Crippen molar-refractivity contribution < 1.29 is 14.1 Å². The van der Waals surface area contributed by atoms with Gasteiger partial charge in [-0.05, 0) is 49.0 Å². The van der Waals surface area contributed by atoms with Crippen molar-refractivity contribution in [2.45, 2.75) is 44.1 Å². The lowest BCUT2D eigenvalue weighted by Gasteiger charge is -2.20. The van der Waals surface area contributed by atoms with E-state index in [0.29, 0.717) is 6.42 Å². The van der Waals surface area contributed by atoms with Gasteiger partial charge in [-0.25, -0.2) is 0 Å². The number of carbonyl (C=O) groups is 1. The van der Waals surface area contributed by atoms with E-state index in [2.05, 4.69) is 6.92 Å². The van der Waals surface area contributed by atoms with Crippen LogP contribution < -0.4 is 0 Å². The second-order valence-electron chi connectivity index (χ2n) is 6.46. The van der Waals surface area contributed by atoms with E-state index >= 15 is 0 Å². The SMILES string of the molecule is C/C(=C\CCC1(C)C=CC(=O)C1)C(O)CS(=O)c1ccccc1. The van der Waals surface area contributed by atoms with Crippen molar-refractivity contribution in [3.05, 3.63) is 54.1 Å². The molecule has 0 aromatic heterocycles. The molecule has 0 saturated heterocycles. The third-order valence-electron chi connectivity index (χ3n) is 4.27. The predicted molar refractivity (Wildman–Crippen MR) is 93.6 cm³/mol. The quantitative estimate of drug-likeness (QED) is 0.779. The van der Waals surface area contributed by atoms with E-state index in [1.165, 1.54) is 0 Å². The number of allylic oxidation sites excluding steroid dienone is 3. The smallest absolute Gasteiger partial charge is 0.156 e. The Hall–Kier alpha value is -1.52. The summed E-state index contributed by atoms with van der Waals surface area (Å²) in [5.74, 6) is 0.397. The maximum Gasteiger partial charge on any atom is 0.156 e. The van der Waals surface area contributed by atoms with Gasteiger partial charge in [0.1, 0.15) is 0 Å². The fourth-order valence-corrected chi connectivity index (χ4v) is 3.89. The average molecular weight is 332 g/mol. The van der Waals surface area contributed by atoms with E-state index < -0.39 is 16.9 Å². The predicted octanol–water partition coefficient (Wildman–Crippen LogP) is 3.42. The fourth-order valence-electron chi connectivity index (χ4n) is 2.69. The molecule has 3 nitrogen and oxygen atoms in total. The standard InChI is InChI=1S/C19H24O3S/c1-15(7-6-11-19(2)12-10-16(20)13-19)18(21)14-23(22)17-8-4-3-5-9-17/h3-5,7-10,12,18,21H,6,11,13-14H2,1-2H3/b15-7+. The number of hydrogen-bond donors (Lipinski definition) is 1. The molecule has 1 aromatic rings. The first kappa shape index (κ1) is 17.8. The molecule has 2 rings (SSSR count). The van der Waals surface area contributed by atoms with Crippen LogP contribution in [0.5, 0.6) is 0 Å². The van der Waals surface area contributed by atoms with Crippen molar-refractivity contribution in [2.75, 3.05) is 5.75 Å². The van der Waals surface area contributed by atoms with E-state index in [0.717, 1.165) is 23.3 Å². The fraction of sp³-hybridized carbons (Fsp3) is 0.421. The summed E-state index contributed by atoms with van der Waals surface area (Å²) in [6.07, 6.45) is 7.18. The summed E-state index contributed by atoms with van der Waals surface area (Å²) < 4.78 is 12.2. The zero-order chi connectivity index (χ0) is 16.9. The minimum Gasteiger partial charge on any atom is -0.388 e. The number of benzene rings is 1. The van der Waals surface area contributed by atoms with Gasteiger partial charge in [-0.1, -0.05) is 37.3 Å². The van der Waals surface area contributed by atoms with Crippen LogP contribution in [0, 0.1) is 5.41 Å². The van der Waals surface area contributed by atoms with Crippen molar-refractivity contribution >= 4 is 16.6 Å². The summed E-state index contributed by atoms with van der Waals surface area (Å²) in [4.78, 5) is 12.1. The third-order valence-corrected chi connectivity index (χ3v) is 5.69. The molecule has 124 valence electrons. The lowest BCUT2D eigenvalue weighted by Crippen LogP contribution is -2.18. The van der Waals surface area contributed by atoms with Crippen LogP contribution in [0.2, 0.25) is 0 Å². The first-order chi connectivity index (χ1) is 10.9. The topological polar surface area (TPSA) is 54.4 Å². The molecule has 3 unspecified atom stereocenters. The number of aliphatic hydroxyl groups is 1. The van der Waals surface area contributed by atoms with Gasteiger partial charge >= 0.3 is 0 Å². The monoisotopic (exact) mass is 332 g/mol. The Bertz CT molecular complexity index is 633. The van der Waals surface area contributed by atoms with Gasteiger partial charge in [0.15, 0.2) is 5.78 Å². The molecule has 4 heteroatoms. The van der Waals surface area contributed by atoms with Gasteiger partial charge in [0.05, 0.1) is 22.7 Å². The second-order valence-corrected chi connectivity index (χ2v) is 7.95. The van der Waals surface area contributed by atoms with Gasteiger partial charge in [0.25, 0.3) is 0 Å². The molecule has 1 aliphatic rings. The van der Waals surface area contributed by atoms with Crippen molar-refractivity contribution in [3.8, 4) is 0 Å². The molecule has 0 heterocycles. The van der Waals surface area contributed by atoms with E-state index in [1.54, 1.807) is 6.08 Å². The van der Waals surface area contributed by atoms with Crippen LogP contribution in [-0.4, -0.2) is 27.0 Å². The van der Waals surface area contributed by atoms with E-state index in [-0.39, 0.29) is 17.0 Å². The first-order valence-electron chi connectivity index (χ1n) is 7.90. The number of carbonyl (C=O) groups excluding carboxylic acids is 1. The Labute approximate surface area is 140 Å². The summed E-state index contributed by atoms with van der Waals surface area (Å²) in [5.41, 5.74) is 0.775. The molecule has 0 aliphatic heterocycles. The lowest BCUT2D eigenvalue weighted by molar-refractivity contribution is -0.115. The number of ketones is 1. The molecule has 0 radical (unpaired) electrons. The van der Waals surface area contributed by atoms with Crippen molar-refractivity contribution in [1.29, 1.82) is 0 Å². The van der Waals surface area contributed by atoms with Crippen LogP contribution in [0.3, 0.4) is 0 Å². The van der Waals surface area contributed by atoms with Crippen LogP contribution in [0.4, 0.5) is 0 Å². The van der Waals surface area contributed by atoms with Crippen LogP contribution in [0.25, 0.3) is 0 Å². The normalized spacial score (nSPS) is 24.0. The number of aliphatic hydroxyl groups excluding tert-OH is 1. The van der Waals surface area contributed by atoms with Crippen molar-refractivity contribution in [1.82, 2.24) is 0 Å². The van der Waals surface area contributed by atoms with E-state index in [1.807, 2.05) is 49.4 Å². The van der Waals surface area contributed by atoms with Gasteiger partial charge in [-0.2, -0.15) is 0 Å². The highest BCUT2D eigenvalue weighted by molar-refractivity contribution is 7.85. The van der Waals surface area contributed by atoms with Crippen molar-refractivity contribution in [2.24, 2.45) is 5.41 Å². The first-order valence-corrected chi connectivity index (χ1v) is 9.22. The molecule has 1 aromatic carbocycles. The van der Waals surface area contributed by atoms with Crippen molar-refractivity contribution in [3.63, 3.8) is 0 Å². The Morgan fingerprint density at radius 2 is 2.09 bits per heavy atom. The highest BCUT2D eigenvalue weighted by Gasteiger charge is 2.27. The molecule has 1 N–H and O–H groups in total. The third kappa shape index (κ3) is 5.26. The zero-order valence-corrected chi connectivity index (χ0v) is 14.5. The molecule has 3 atom stereocenters. The van der Waals surface area contributed by atoms with E-state index in [9.17, 15) is 14.1 Å². The highest BCUT2D eigenvalue weighted by atomic mass is 32.2.